The summed E-state index contributed by atoms with van der Waals surface area (Å²) < 4.78 is 0. The molecule has 88 valence electrons. The first-order chi connectivity index (χ1) is 7.06. The molecule has 0 aromatic rings. The number of fused-ring (bicyclic) bond motifs is 1. The molecule has 2 saturated heterocycles. The van der Waals surface area contributed by atoms with E-state index in [0.29, 0.717) is 0 Å². The number of hydrogen-bond donors (Lipinski definition) is 5. The second-order valence-corrected chi connectivity index (χ2v) is 4.04. The molecule has 5 N–H and O–H groups in total. The maximum Gasteiger partial charge on any atom is 0.176 e. The maximum absolute atomic E-state index is 9.73. The largest absolute Gasteiger partial charge is 0.394 e. The van der Waals surface area contributed by atoms with E-state index in [-0.39, 0.29) is 6.42 Å². The van der Waals surface area contributed by atoms with Crippen molar-refractivity contribution in [1.29, 1.82) is 0 Å². The Morgan fingerprint density at radius 3 is 2.33 bits per heavy atom. The zero-order valence-corrected chi connectivity index (χ0v) is 8.02. The summed E-state index contributed by atoms with van der Waals surface area (Å²) in [7, 11) is 0. The minimum atomic E-state index is -1.44. The lowest BCUT2D eigenvalue weighted by Gasteiger charge is -2.35. The summed E-state index contributed by atoms with van der Waals surface area (Å²) in [5.41, 5.74) is -1.44. The van der Waals surface area contributed by atoms with E-state index in [1.165, 1.54) is 0 Å². The minimum absolute atomic E-state index is 0.139. The quantitative estimate of drug-likeness (QED) is 0.333. The fourth-order valence-electron chi connectivity index (χ4n) is 2.30. The van der Waals surface area contributed by atoms with Crippen molar-refractivity contribution in [3.8, 4) is 0 Å². The molecule has 2 aliphatic rings. The van der Waals surface area contributed by atoms with Gasteiger partial charge in [0.05, 0.1) is 25.4 Å². The van der Waals surface area contributed by atoms with Crippen LogP contribution in [-0.4, -0.2) is 73.9 Å². The van der Waals surface area contributed by atoms with Crippen molar-refractivity contribution in [2.75, 3.05) is 13.2 Å². The van der Waals surface area contributed by atoms with Gasteiger partial charge in [-0.05, 0) is 0 Å². The smallest absolute Gasteiger partial charge is 0.176 e. The van der Waals surface area contributed by atoms with Crippen molar-refractivity contribution in [1.82, 2.24) is 5.06 Å². The first kappa shape index (κ1) is 11.2. The normalized spacial score (nSPS) is 44.6. The second kappa shape index (κ2) is 3.63. The molecule has 4 atom stereocenters. The number of rotatable bonds is 2. The highest BCUT2D eigenvalue weighted by Crippen LogP contribution is 2.40. The van der Waals surface area contributed by atoms with Crippen LogP contribution in [0.1, 0.15) is 6.42 Å². The molecular formula is C8H15NO6. The van der Waals surface area contributed by atoms with Gasteiger partial charge in [0.1, 0.15) is 11.6 Å². The first-order valence-electron chi connectivity index (χ1n) is 4.79. The first-order valence-corrected chi connectivity index (χ1v) is 4.79. The number of aliphatic hydroxyl groups is 5. The van der Waals surface area contributed by atoms with Gasteiger partial charge in [0.15, 0.2) is 6.29 Å². The van der Waals surface area contributed by atoms with Crippen LogP contribution in [0.25, 0.3) is 0 Å². The molecule has 0 unspecified atom stereocenters. The minimum Gasteiger partial charge on any atom is -0.394 e. The van der Waals surface area contributed by atoms with Crippen molar-refractivity contribution in [3.63, 3.8) is 0 Å². The summed E-state index contributed by atoms with van der Waals surface area (Å²) >= 11 is 0. The Hall–Kier alpha value is -0.280. The third kappa shape index (κ3) is 1.32. The van der Waals surface area contributed by atoms with Crippen molar-refractivity contribution < 1.29 is 30.4 Å². The molecule has 2 aliphatic heterocycles. The average Bonchev–Trinajstić information content (AvgIpc) is 2.69. The molecule has 0 aromatic heterocycles. The van der Waals surface area contributed by atoms with E-state index in [1.807, 2.05) is 0 Å². The monoisotopic (exact) mass is 221 g/mol. The van der Waals surface area contributed by atoms with Gasteiger partial charge in [-0.2, -0.15) is 5.06 Å². The van der Waals surface area contributed by atoms with Gasteiger partial charge in [0.25, 0.3) is 0 Å². The average molecular weight is 221 g/mol. The van der Waals surface area contributed by atoms with E-state index in [1.54, 1.807) is 0 Å². The highest BCUT2D eigenvalue weighted by molar-refractivity contribution is 5.10. The predicted molar refractivity (Wildman–Crippen MR) is 46.3 cm³/mol. The lowest BCUT2D eigenvalue weighted by Crippen LogP contribution is -2.57. The molecule has 0 saturated carbocycles. The van der Waals surface area contributed by atoms with Crippen LogP contribution in [0.5, 0.6) is 0 Å². The summed E-state index contributed by atoms with van der Waals surface area (Å²) in [5, 5.41) is 48.2. The van der Waals surface area contributed by atoms with Crippen LogP contribution >= 0.6 is 0 Å². The van der Waals surface area contributed by atoms with E-state index in [9.17, 15) is 25.5 Å². The van der Waals surface area contributed by atoms with E-state index in [4.69, 9.17) is 4.84 Å². The molecule has 15 heavy (non-hydrogen) atoms. The van der Waals surface area contributed by atoms with Gasteiger partial charge < -0.3 is 25.5 Å². The zero-order valence-electron chi connectivity index (χ0n) is 8.02. The van der Waals surface area contributed by atoms with Gasteiger partial charge in [0, 0.05) is 6.42 Å². The van der Waals surface area contributed by atoms with Gasteiger partial charge in [-0.3, -0.25) is 4.84 Å². The second-order valence-electron chi connectivity index (χ2n) is 4.04. The third-order valence-corrected chi connectivity index (χ3v) is 3.23. The Kier molecular flexibility index (Phi) is 2.72. The van der Waals surface area contributed by atoms with Gasteiger partial charge in [-0.1, -0.05) is 0 Å². The fraction of sp³-hybridized carbons (Fsp3) is 1.00. The predicted octanol–water partition coefficient (Wildman–Crippen LogP) is -3.23. The van der Waals surface area contributed by atoms with Crippen molar-refractivity contribution >= 4 is 0 Å². The molecule has 2 fully saturated rings. The lowest BCUT2D eigenvalue weighted by molar-refractivity contribution is -0.276. The molecular weight excluding hydrogens is 206 g/mol. The molecule has 0 aromatic carbocycles. The van der Waals surface area contributed by atoms with Crippen LogP contribution in [0.3, 0.4) is 0 Å². The Labute approximate surface area is 86.1 Å². The van der Waals surface area contributed by atoms with E-state index >= 15 is 0 Å². The molecule has 0 amide bonds. The number of nitrogens with zero attached hydrogens (tertiary/aromatic N) is 1. The summed E-state index contributed by atoms with van der Waals surface area (Å²) in [6.45, 7) is -1.13. The van der Waals surface area contributed by atoms with Crippen LogP contribution in [0.4, 0.5) is 0 Å². The number of hydroxylamine groups is 2. The molecule has 0 aliphatic carbocycles. The summed E-state index contributed by atoms with van der Waals surface area (Å²) in [5.74, 6) is 0. The molecule has 2 heterocycles. The van der Waals surface area contributed by atoms with Crippen molar-refractivity contribution in [2.24, 2.45) is 0 Å². The lowest BCUT2D eigenvalue weighted by atomic mass is 9.94. The van der Waals surface area contributed by atoms with E-state index in [0.717, 1.165) is 5.06 Å². The summed E-state index contributed by atoms with van der Waals surface area (Å²) in [6.07, 6.45) is -3.39. The molecule has 7 nitrogen and oxygen atoms in total. The van der Waals surface area contributed by atoms with Crippen molar-refractivity contribution in [2.45, 2.75) is 36.5 Å². The Bertz CT molecular complexity index is 245. The molecule has 0 radical (unpaired) electrons. The number of aliphatic hydroxyl groups excluding tert-OH is 5. The van der Waals surface area contributed by atoms with Gasteiger partial charge >= 0.3 is 0 Å². The van der Waals surface area contributed by atoms with Crippen LogP contribution < -0.4 is 0 Å². The molecule has 7 heteroatoms. The van der Waals surface area contributed by atoms with E-state index in [2.05, 4.69) is 0 Å². The fourth-order valence-corrected chi connectivity index (χ4v) is 2.30. The van der Waals surface area contributed by atoms with Gasteiger partial charge in [-0.15, -0.1) is 0 Å². The SMILES string of the molecule is OCC1(CO)[C@@H](O)[C@@H](O)[C@@H]2C[C@H](O)ON21. The van der Waals surface area contributed by atoms with E-state index < -0.39 is 43.3 Å². The van der Waals surface area contributed by atoms with Crippen LogP contribution in [0.15, 0.2) is 0 Å². The summed E-state index contributed by atoms with van der Waals surface area (Å²) in [6, 6.07) is -0.603. The van der Waals surface area contributed by atoms with Gasteiger partial charge in [0.2, 0.25) is 0 Å². The highest BCUT2D eigenvalue weighted by atomic mass is 16.8. The summed E-state index contributed by atoms with van der Waals surface area (Å²) in [4.78, 5) is 4.97. The van der Waals surface area contributed by atoms with Crippen LogP contribution in [-0.2, 0) is 4.84 Å². The standard InChI is InChI=1S/C8H15NO6/c10-2-8(3-11)7(14)6(13)4-1-5(12)15-9(4)8/h4-7,10-14H,1-3H2/t4-,5+,6-,7-/m0/s1. The van der Waals surface area contributed by atoms with Gasteiger partial charge in [-0.25, -0.2) is 0 Å². The molecule has 2 rings (SSSR count). The topological polar surface area (TPSA) is 114 Å². The highest BCUT2D eigenvalue weighted by Gasteiger charge is 2.62. The third-order valence-electron chi connectivity index (χ3n) is 3.23. The van der Waals surface area contributed by atoms with Crippen LogP contribution in [0, 0.1) is 0 Å². The Balaban J connectivity index is 2.31. The zero-order chi connectivity index (χ0) is 11.2. The van der Waals surface area contributed by atoms with Crippen LogP contribution in [0.2, 0.25) is 0 Å². The Morgan fingerprint density at radius 1 is 1.20 bits per heavy atom. The maximum atomic E-state index is 9.73. The molecule has 0 spiro atoms. The number of hydrogen-bond acceptors (Lipinski definition) is 7. The van der Waals surface area contributed by atoms with Crippen molar-refractivity contribution in [3.05, 3.63) is 0 Å². The molecule has 0 bridgehead atoms. The Morgan fingerprint density at radius 2 is 1.80 bits per heavy atom.